The lowest BCUT2D eigenvalue weighted by molar-refractivity contribution is -0.605. The summed E-state index contributed by atoms with van der Waals surface area (Å²) in [5, 5.41) is 14.8. The van der Waals surface area contributed by atoms with Crippen molar-refractivity contribution in [2.45, 2.75) is 33.6 Å². The molecule has 152 valence electrons. The molecule has 0 aliphatic carbocycles. The van der Waals surface area contributed by atoms with Gasteiger partial charge in [-0.1, -0.05) is 13.8 Å². The standard InChI is InChI=1S/C19H24N2O7/c1-11(2)10-26-19(23)28-17-13(4)20-12(3)16(27-18(22)25-5)15(17)14-7-6-8-21(24)9-14/h6-9,11,15,20H,10H2,1-5H3. The number of hydrogen-bond donors (Lipinski definition) is 1. The third-order valence-corrected chi connectivity index (χ3v) is 3.86. The molecule has 1 aliphatic rings. The van der Waals surface area contributed by atoms with E-state index < -0.39 is 18.2 Å². The first kappa shape index (κ1) is 21.1. The lowest BCUT2D eigenvalue weighted by atomic mass is 9.91. The zero-order chi connectivity index (χ0) is 20.8. The highest BCUT2D eigenvalue weighted by Crippen LogP contribution is 2.39. The summed E-state index contributed by atoms with van der Waals surface area (Å²) in [6, 6.07) is 3.20. The molecule has 1 aliphatic heterocycles. The number of dihydropyridines is 1. The third-order valence-electron chi connectivity index (χ3n) is 3.86. The van der Waals surface area contributed by atoms with Gasteiger partial charge in [0.25, 0.3) is 0 Å². The number of nitrogens with zero attached hydrogens (tertiary/aromatic N) is 1. The van der Waals surface area contributed by atoms with E-state index in [1.165, 1.54) is 19.5 Å². The molecule has 2 rings (SSSR count). The average molecular weight is 392 g/mol. The summed E-state index contributed by atoms with van der Waals surface area (Å²) in [4.78, 5) is 23.9. The van der Waals surface area contributed by atoms with Gasteiger partial charge in [-0.15, -0.1) is 0 Å². The van der Waals surface area contributed by atoms with Gasteiger partial charge in [0.2, 0.25) is 0 Å². The highest BCUT2D eigenvalue weighted by molar-refractivity contribution is 5.64. The monoisotopic (exact) mass is 392 g/mol. The number of hydrogen-bond acceptors (Lipinski definition) is 8. The fourth-order valence-corrected chi connectivity index (χ4v) is 2.66. The predicted octanol–water partition coefficient (Wildman–Crippen LogP) is 3.06. The second kappa shape index (κ2) is 9.12. The fraction of sp³-hybridized carbons (Fsp3) is 0.421. The Balaban J connectivity index is 2.43. The second-order valence-electron chi connectivity index (χ2n) is 6.65. The van der Waals surface area contributed by atoms with E-state index in [0.29, 0.717) is 21.7 Å². The van der Waals surface area contributed by atoms with Gasteiger partial charge in [-0.05, 0) is 25.8 Å². The minimum atomic E-state index is -0.937. The Bertz CT molecular complexity index is 814. The number of pyridine rings is 1. The molecular formula is C19H24N2O7. The molecule has 1 unspecified atom stereocenters. The van der Waals surface area contributed by atoms with Crippen molar-refractivity contribution in [3.8, 4) is 0 Å². The van der Waals surface area contributed by atoms with Crippen LogP contribution in [0.2, 0.25) is 0 Å². The number of allylic oxidation sites excluding steroid dienone is 2. The molecule has 1 aromatic heterocycles. The lowest BCUT2D eigenvalue weighted by Gasteiger charge is -2.29. The van der Waals surface area contributed by atoms with Crippen LogP contribution in [-0.2, 0) is 18.9 Å². The van der Waals surface area contributed by atoms with Crippen LogP contribution >= 0.6 is 0 Å². The van der Waals surface area contributed by atoms with Crippen molar-refractivity contribution in [1.82, 2.24) is 5.32 Å². The largest absolute Gasteiger partial charge is 0.619 e. The highest BCUT2D eigenvalue weighted by Gasteiger charge is 2.36. The predicted molar refractivity (Wildman–Crippen MR) is 97.4 cm³/mol. The van der Waals surface area contributed by atoms with Crippen molar-refractivity contribution in [3.63, 3.8) is 0 Å². The van der Waals surface area contributed by atoms with Gasteiger partial charge in [-0.2, -0.15) is 4.73 Å². The minimum Gasteiger partial charge on any atom is -0.619 e. The highest BCUT2D eigenvalue weighted by atomic mass is 16.7. The summed E-state index contributed by atoms with van der Waals surface area (Å²) in [5.74, 6) is -0.384. The topological polar surface area (TPSA) is 110 Å². The van der Waals surface area contributed by atoms with E-state index in [1.807, 2.05) is 13.8 Å². The molecule has 1 aromatic rings. The Morgan fingerprint density at radius 3 is 2.32 bits per heavy atom. The van der Waals surface area contributed by atoms with Crippen LogP contribution in [0.25, 0.3) is 0 Å². The van der Waals surface area contributed by atoms with E-state index in [2.05, 4.69) is 10.1 Å². The van der Waals surface area contributed by atoms with E-state index in [-0.39, 0.29) is 24.0 Å². The van der Waals surface area contributed by atoms with Gasteiger partial charge >= 0.3 is 12.3 Å². The number of ether oxygens (including phenoxy) is 4. The van der Waals surface area contributed by atoms with E-state index in [0.717, 1.165) is 0 Å². The Morgan fingerprint density at radius 1 is 1.18 bits per heavy atom. The van der Waals surface area contributed by atoms with Gasteiger partial charge in [0.1, 0.15) is 17.4 Å². The first-order valence-corrected chi connectivity index (χ1v) is 8.70. The summed E-state index contributed by atoms with van der Waals surface area (Å²) >= 11 is 0. The van der Waals surface area contributed by atoms with Crippen LogP contribution in [0.4, 0.5) is 9.59 Å². The van der Waals surface area contributed by atoms with Crippen molar-refractivity contribution in [2.24, 2.45) is 5.92 Å². The Kier molecular flexibility index (Phi) is 6.86. The van der Waals surface area contributed by atoms with Crippen molar-refractivity contribution in [2.75, 3.05) is 13.7 Å². The lowest BCUT2D eigenvalue weighted by Crippen LogP contribution is -2.31. The van der Waals surface area contributed by atoms with E-state index in [9.17, 15) is 14.8 Å². The molecule has 0 radical (unpaired) electrons. The smallest absolute Gasteiger partial charge is 0.513 e. The van der Waals surface area contributed by atoms with Crippen molar-refractivity contribution in [1.29, 1.82) is 0 Å². The van der Waals surface area contributed by atoms with Crippen LogP contribution < -0.4 is 10.0 Å². The number of nitrogens with one attached hydrogen (secondary N) is 1. The van der Waals surface area contributed by atoms with Gasteiger partial charge in [0.15, 0.2) is 12.4 Å². The van der Waals surface area contributed by atoms with Gasteiger partial charge in [0.05, 0.1) is 25.1 Å². The maximum atomic E-state index is 12.1. The molecule has 2 heterocycles. The van der Waals surface area contributed by atoms with Gasteiger partial charge < -0.3 is 29.5 Å². The third kappa shape index (κ3) is 5.15. The molecule has 0 saturated carbocycles. The Morgan fingerprint density at radius 2 is 1.79 bits per heavy atom. The van der Waals surface area contributed by atoms with Crippen LogP contribution in [0.1, 0.15) is 39.2 Å². The van der Waals surface area contributed by atoms with E-state index in [1.54, 1.807) is 26.0 Å². The number of aromatic nitrogens is 1. The molecule has 9 nitrogen and oxygen atoms in total. The normalized spacial score (nSPS) is 16.6. The molecule has 1 N–H and O–H groups in total. The van der Waals surface area contributed by atoms with Crippen LogP contribution in [0, 0.1) is 11.1 Å². The molecule has 28 heavy (non-hydrogen) atoms. The molecule has 0 amide bonds. The zero-order valence-corrected chi connectivity index (χ0v) is 16.5. The molecule has 0 spiro atoms. The number of rotatable bonds is 5. The maximum Gasteiger partial charge on any atom is 0.513 e. The number of carbonyl (C=O) groups excluding carboxylic acids is 2. The number of carbonyl (C=O) groups is 2. The molecule has 0 bridgehead atoms. The Hall–Kier alpha value is -3.23. The SMILES string of the molecule is COC(=O)OC1=C(C)NC(C)=C(OC(=O)OCC(C)C)C1c1ccc[n+]([O-])c1. The second-order valence-corrected chi connectivity index (χ2v) is 6.65. The van der Waals surface area contributed by atoms with Crippen LogP contribution in [0.15, 0.2) is 47.4 Å². The summed E-state index contributed by atoms with van der Waals surface area (Å²) in [7, 11) is 1.18. The maximum absolute atomic E-state index is 12.1. The fourth-order valence-electron chi connectivity index (χ4n) is 2.66. The number of methoxy groups -OCH3 is 1. The van der Waals surface area contributed by atoms with E-state index in [4.69, 9.17) is 14.2 Å². The molecular weight excluding hydrogens is 368 g/mol. The van der Waals surface area contributed by atoms with Crippen LogP contribution in [0.5, 0.6) is 0 Å². The molecule has 0 aromatic carbocycles. The first-order valence-electron chi connectivity index (χ1n) is 8.70. The summed E-state index contributed by atoms with van der Waals surface area (Å²) in [6.07, 6.45) is 0.793. The van der Waals surface area contributed by atoms with Crippen molar-refractivity contribution >= 4 is 12.3 Å². The summed E-state index contributed by atoms with van der Waals surface area (Å²) < 4.78 is 21.0. The quantitative estimate of drug-likeness (QED) is 0.462. The molecule has 9 heteroatoms. The first-order chi connectivity index (χ1) is 13.2. The van der Waals surface area contributed by atoms with Crippen LogP contribution in [0.3, 0.4) is 0 Å². The van der Waals surface area contributed by atoms with Gasteiger partial charge in [-0.25, -0.2) is 9.59 Å². The molecule has 0 saturated heterocycles. The van der Waals surface area contributed by atoms with E-state index >= 15 is 0 Å². The van der Waals surface area contributed by atoms with Crippen LogP contribution in [-0.4, -0.2) is 26.0 Å². The van der Waals surface area contributed by atoms with Crippen molar-refractivity contribution < 1.29 is 33.3 Å². The molecule has 1 atom stereocenters. The van der Waals surface area contributed by atoms with Crippen molar-refractivity contribution in [3.05, 3.63) is 58.2 Å². The van der Waals surface area contributed by atoms with Gasteiger partial charge in [0, 0.05) is 11.6 Å². The minimum absolute atomic E-state index is 0.136. The molecule has 0 fully saturated rings. The zero-order valence-electron chi connectivity index (χ0n) is 16.5. The Labute approximate surface area is 163 Å². The van der Waals surface area contributed by atoms with Gasteiger partial charge in [-0.3, -0.25) is 0 Å². The average Bonchev–Trinajstić information content (AvgIpc) is 2.63. The summed E-state index contributed by atoms with van der Waals surface area (Å²) in [5.41, 5.74) is 1.49. The summed E-state index contributed by atoms with van der Waals surface area (Å²) in [6.45, 7) is 7.37.